The largest absolute Gasteiger partial charge is 0.504 e. The summed E-state index contributed by atoms with van der Waals surface area (Å²) in [7, 11) is 1.58. The lowest BCUT2D eigenvalue weighted by atomic mass is 10.0. The SMILES string of the molecule is CCCCN1CCC(NCc2ccc(O)c(OC)c2)CC1. The number of likely N-dealkylation sites (tertiary alicyclic amines) is 1. The number of aromatic hydroxyl groups is 1. The van der Waals surface area contributed by atoms with Crippen LogP contribution in [0.2, 0.25) is 0 Å². The van der Waals surface area contributed by atoms with Gasteiger partial charge in [0.2, 0.25) is 0 Å². The summed E-state index contributed by atoms with van der Waals surface area (Å²) < 4.78 is 5.14. The number of ether oxygens (including phenoxy) is 1. The summed E-state index contributed by atoms with van der Waals surface area (Å²) in [6.45, 7) is 6.74. The standard InChI is InChI=1S/C17H28N2O2/c1-3-4-9-19-10-7-15(8-11-19)18-13-14-5-6-16(20)17(12-14)21-2/h5-6,12,15,18,20H,3-4,7-11,13H2,1-2H3. The maximum absolute atomic E-state index is 9.60. The highest BCUT2D eigenvalue weighted by molar-refractivity contribution is 5.41. The zero-order valence-corrected chi connectivity index (χ0v) is 13.3. The zero-order valence-electron chi connectivity index (χ0n) is 13.3. The first-order chi connectivity index (χ1) is 10.2. The first-order valence-corrected chi connectivity index (χ1v) is 8.04. The highest BCUT2D eigenvalue weighted by Gasteiger charge is 2.18. The van der Waals surface area contributed by atoms with Gasteiger partial charge >= 0.3 is 0 Å². The minimum atomic E-state index is 0.200. The molecular formula is C17H28N2O2. The second kappa shape index (κ2) is 8.25. The van der Waals surface area contributed by atoms with Gasteiger partial charge in [-0.2, -0.15) is 0 Å². The van der Waals surface area contributed by atoms with Gasteiger partial charge in [0.05, 0.1) is 7.11 Å². The molecule has 0 aromatic heterocycles. The molecule has 0 spiro atoms. The first kappa shape index (κ1) is 16.1. The van der Waals surface area contributed by atoms with E-state index in [-0.39, 0.29) is 5.75 Å². The topological polar surface area (TPSA) is 44.7 Å². The Kier molecular flexibility index (Phi) is 6.33. The summed E-state index contributed by atoms with van der Waals surface area (Å²) in [6, 6.07) is 6.14. The van der Waals surface area contributed by atoms with E-state index in [4.69, 9.17) is 4.74 Å². The highest BCUT2D eigenvalue weighted by Crippen LogP contribution is 2.26. The third-order valence-electron chi connectivity index (χ3n) is 4.25. The number of nitrogens with one attached hydrogen (secondary N) is 1. The fourth-order valence-corrected chi connectivity index (χ4v) is 2.84. The van der Waals surface area contributed by atoms with E-state index in [2.05, 4.69) is 17.1 Å². The predicted octanol–water partition coefficient (Wildman–Crippen LogP) is 2.75. The van der Waals surface area contributed by atoms with Crippen LogP contribution >= 0.6 is 0 Å². The molecule has 0 unspecified atom stereocenters. The molecule has 2 rings (SSSR count). The van der Waals surface area contributed by atoms with Crippen molar-refractivity contribution in [1.29, 1.82) is 0 Å². The van der Waals surface area contributed by atoms with Crippen molar-refractivity contribution in [2.45, 2.75) is 45.2 Å². The number of nitrogens with zero attached hydrogens (tertiary/aromatic N) is 1. The van der Waals surface area contributed by atoms with Crippen molar-refractivity contribution in [2.24, 2.45) is 0 Å². The number of hydrogen-bond acceptors (Lipinski definition) is 4. The van der Waals surface area contributed by atoms with Crippen molar-refractivity contribution < 1.29 is 9.84 Å². The predicted molar refractivity (Wildman–Crippen MR) is 85.9 cm³/mol. The normalized spacial score (nSPS) is 17.0. The summed E-state index contributed by atoms with van der Waals surface area (Å²) in [4.78, 5) is 2.57. The maximum atomic E-state index is 9.60. The van der Waals surface area contributed by atoms with E-state index >= 15 is 0 Å². The van der Waals surface area contributed by atoms with Crippen molar-refractivity contribution >= 4 is 0 Å². The molecule has 1 heterocycles. The Bertz CT molecular complexity index is 429. The molecule has 1 fully saturated rings. The summed E-state index contributed by atoms with van der Waals surface area (Å²) in [5.74, 6) is 0.745. The lowest BCUT2D eigenvalue weighted by Crippen LogP contribution is -2.42. The maximum Gasteiger partial charge on any atom is 0.160 e. The molecule has 118 valence electrons. The van der Waals surface area contributed by atoms with Crippen molar-refractivity contribution in [2.75, 3.05) is 26.7 Å². The van der Waals surface area contributed by atoms with Crippen molar-refractivity contribution in [3.05, 3.63) is 23.8 Å². The molecule has 0 saturated carbocycles. The Balaban J connectivity index is 1.74. The lowest BCUT2D eigenvalue weighted by Gasteiger charge is -2.32. The number of unbranched alkanes of at least 4 members (excludes halogenated alkanes) is 1. The molecule has 1 aromatic carbocycles. The molecule has 4 nitrogen and oxygen atoms in total. The van der Waals surface area contributed by atoms with Gasteiger partial charge in [0.25, 0.3) is 0 Å². The van der Waals surface area contributed by atoms with E-state index in [1.165, 1.54) is 45.3 Å². The van der Waals surface area contributed by atoms with E-state index < -0.39 is 0 Å². The van der Waals surface area contributed by atoms with Crippen LogP contribution in [0.25, 0.3) is 0 Å². The van der Waals surface area contributed by atoms with Gasteiger partial charge < -0.3 is 20.1 Å². The molecule has 1 aliphatic heterocycles. The average molecular weight is 292 g/mol. The summed E-state index contributed by atoms with van der Waals surface area (Å²) in [5.41, 5.74) is 1.15. The third kappa shape index (κ3) is 4.90. The second-order valence-corrected chi connectivity index (χ2v) is 5.86. The smallest absolute Gasteiger partial charge is 0.160 e. The van der Waals surface area contributed by atoms with Gasteiger partial charge in [-0.15, -0.1) is 0 Å². The number of hydrogen-bond donors (Lipinski definition) is 2. The Morgan fingerprint density at radius 3 is 2.76 bits per heavy atom. The van der Waals surface area contributed by atoms with Crippen LogP contribution in [0.1, 0.15) is 38.2 Å². The van der Waals surface area contributed by atoms with Crippen LogP contribution in [0.4, 0.5) is 0 Å². The molecule has 2 N–H and O–H groups in total. The number of rotatable bonds is 7. The molecule has 4 heteroatoms. The number of methoxy groups -OCH3 is 1. The summed E-state index contributed by atoms with van der Waals surface area (Å²) >= 11 is 0. The second-order valence-electron chi connectivity index (χ2n) is 5.86. The fraction of sp³-hybridized carbons (Fsp3) is 0.647. The Morgan fingerprint density at radius 2 is 2.10 bits per heavy atom. The Hall–Kier alpha value is -1.26. The van der Waals surface area contributed by atoms with Gasteiger partial charge in [-0.3, -0.25) is 0 Å². The van der Waals surface area contributed by atoms with Gasteiger partial charge in [-0.05, 0) is 56.6 Å². The summed E-state index contributed by atoms with van der Waals surface area (Å²) in [6.07, 6.45) is 5.03. The van der Waals surface area contributed by atoms with Crippen LogP contribution in [0, 0.1) is 0 Å². The van der Waals surface area contributed by atoms with E-state index in [9.17, 15) is 5.11 Å². The molecule has 1 saturated heterocycles. The molecule has 0 atom stereocenters. The number of piperidine rings is 1. The molecule has 0 aliphatic carbocycles. The van der Waals surface area contributed by atoms with Crippen LogP contribution in [0.3, 0.4) is 0 Å². The average Bonchev–Trinajstić information content (AvgIpc) is 2.53. The molecule has 1 aliphatic rings. The van der Waals surface area contributed by atoms with Crippen LogP contribution < -0.4 is 10.1 Å². The third-order valence-corrected chi connectivity index (χ3v) is 4.25. The lowest BCUT2D eigenvalue weighted by molar-refractivity contribution is 0.195. The monoisotopic (exact) mass is 292 g/mol. The quantitative estimate of drug-likeness (QED) is 0.811. The van der Waals surface area contributed by atoms with Crippen LogP contribution in [-0.2, 0) is 6.54 Å². The number of benzene rings is 1. The number of phenols is 1. The van der Waals surface area contributed by atoms with Crippen LogP contribution in [-0.4, -0.2) is 42.8 Å². The summed E-state index contributed by atoms with van der Waals surface area (Å²) in [5, 5.41) is 13.2. The molecule has 0 bridgehead atoms. The first-order valence-electron chi connectivity index (χ1n) is 8.04. The van der Waals surface area contributed by atoms with E-state index in [1.807, 2.05) is 12.1 Å². The van der Waals surface area contributed by atoms with Gasteiger partial charge in [0.1, 0.15) is 0 Å². The minimum Gasteiger partial charge on any atom is -0.504 e. The molecule has 0 amide bonds. The van der Waals surface area contributed by atoms with Gasteiger partial charge in [0, 0.05) is 12.6 Å². The molecular weight excluding hydrogens is 264 g/mol. The minimum absolute atomic E-state index is 0.200. The Morgan fingerprint density at radius 1 is 1.33 bits per heavy atom. The molecule has 1 aromatic rings. The highest BCUT2D eigenvalue weighted by atomic mass is 16.5. The van der Waals surface area contributed by atoms with Gasteiger partial charge in [-0.25, -0.2) is 0 Å². The van der Waals surface area contributed by atoms with Crippen LogP contribution in [0.5, 0.6) is 11.5 Å². The van der Waals surface area contributed by atoms with Gasteiger partial charge in [0.15, 0.2) is 11.5 Å². The van der Waals surface area contributed by atoms with E-state index in [1.54, 1.807) is 13.2 Å². The van der Waals surface area contributed by atoms with Crippen molar-refractivity contribution in [1.82, 2.24) is 10.2 Å². The van der Waals surface area contributed by atoms with Crippen molar-refractivity contribution in [3.63, 3.8) is 0 Å². The molecule has 0 radical (unpaired) electrons. The van der Waals surface area contributed by atoms with Crippen molar-refractivity contribution in [3.8, 4) is 11.5 Å². The van der Waals surface area contributed by atoms with E-state index in [0.29, 0.717) is 11.8 Å². The molecule has 21 heavy (non-hydrogen) atoms. The van der Waals surface area contributed by atoms with Gasteiger partial charge in [-0.1, -0.05) is 19.4 Å². The fourth-order valence-electron chi connectivity index (χ4n) is 2.84. The van der Waals surface area contributed by atoms with E-state index in [0.717, 1.165) is 12.1 Å². The van der Waals surface area contributed by atoms with Crippen LogP contribution in [0.15, 0.2) is 18.2 Å². The number of phenolic OH excluding ortho intramolecular Hbond substituents is 1. The Labute approximate surface area is 128 Å². The zero-order chi connectivity index (χ0) is 15.1.